The standard InChI is InChI=1S/C12H13Cl3N2O2/c1-12(2)6(3-7(12)18)17-11(19)10-9(15)8(14)5(13)4-16-10/h4,6-7,18H,3H2,1-2H3,(H,17,19). The molecule has 1 aromatic heterocycles. The van der Waals surface area contributed by atoms with Crippen molar-refractivity contribution < 1.29 is 9.90 Å². The summed E-state index contributed by atoms with van der Waals surface area (Å²) >= 11 is 17.6. The van der Waals surface area contributed by atoms with E-state index in [9.17, 15) is 9.90 Å². The average Bonchev–Trinajstić information content (AvgIpc) is 2.35. The summed E-state index contributed by atoms with van der Waals surface area (Å²) in [6.07, 6.45) is 1.37. The van der Waals surface area contributed by atoms with Gasteiger partial charge in [0, 0.05) is 17.7 Å². The van der Waals surface area contributed by atoms with Crippen LogP contribution in [0.2, 0.25) is 15.1 Å². The highest BCUT2D eigenvalue weighted by atomic mass is 35.5. The van der Waals surface area contributed by atoms with Crippen molar-refractivity contribution in [1.82, 2.24) is 10.3 Å². The molecule has 0 aromatic carbocycles. The predicted octanol–water partition coefficient (Wildman–Crippen LogP) is 2.93. The first-order chi connectivity index (χ1) is 8.75. The number of halogens is 3. The van der Waals surface area contributed by atoms with Gasteiger partial charge in [0.1, 0.15) is 5.69 Å². The lowest BCUT2D eigenvalue weighted by Gasteiger charge is -2.49. The highest BCUT2D eigenvalue weighted by molar-refractivity contribution is 6.48. The fourth-order valence-electron chi connectivity index (χ4n) is 1.98. The maximum absolute atomic E-state index is 12.1. The zero-order valence-electron chi connectivity index (χ0n) is 10.4. The molecule has 7 heteroatoms. The minimum atomic E-state index is -0.423. The molecule has 0 radical (unpaired) electrons. The zero-order chi connectivity index (χ0) is 14.4. The number of carbonyl (C=O) groups excluding carboxylic acids is 1. The van der Waals surface area contributed by atoms with Gasteiger partial charge in [-0.2, -0.15) is 0 Å². The van der Waals surface area contributed by atoms with E-state index in [4.69, 9.17) is 34.8 Å². The van der Waals surface area contributed by atoms with Gasteiger partial charge >= 0.3 is 0 Å². The van der Waals surface area contributed by atoms with E-state index in [0.717, 1.165) is 0 Å². The third kappa shape index (κ3) is 2.55. The molecule has 1 fully saturated rings. The molecular weight excluding hydrogens is 311 g/mol. The molecule has 19 heavy (non-hydrogen) atoms. The van der Waals surface area contributed by atoms with Crippen LogP contribution >= 0.6 is 34.8 Å². The van der Waals surface area contributed by atoms with Gasteiger partial charge in [0.2, 0.25) is 0 Å². The number of amides is 1. The van der Waals surface area contributed by atoms with E-state index in [2.05, 4.69) is 10.3 Å². The third-order valence-electron chi connectivity index (χ3n) is 3.65. The van der Waals surface area contributed by atoms with Gasteiger partial charge in [0.25, 0.3) is 5.91 Å². The van der Waals surface area contributed by atoms with E-state index in [0.29, 0.717) is 6.42 Å². The van der Waals surface area contributed by atoms with Crippen LogP contribution in [0.4, 0.5) is 0 Å². The van der Waals surface area contributed by atoms with Crippen LogP contribution in [0.25, 0.3) is 0 Å². The second-order valence-corrected chi connectivity index (χ2v) is 6.34. The van der Waals surface area contributed by atoms with E-state index in [1.54, 1.807) is 0 Å². The molecule has 1 aliphatic rings. The van der Waals surface area contributed by atoms with Gasteiger partial charge in [-0.25, -0.2) is 4.98 Å². The molecule has 2 rings (SSSR count). The number of nitrogens with zero attached hydrogens (tertiary/aromatic N) is 1. The number of aliphatic hydroxyl groups excluding tert-OH is 1. The van der Waals surface area contributed by atoms with Crippen LogP contribution in [0.15, 0.2) is 6.20 Å². The SMILES string of the molecule is CC1(C)C(O)CC1NC(=O)c1ncc(Cl)c(Cl)c1Cl. The second-order valence-electron chi connectivity index (χ2n) is 5.18. The van der Waals surface area contributed by atoms with Gasteiger partial charge in [-0.15, -0.1) is 0 Å². The molecule has 4 nitrogen and oxygen atoms in total. The number of rotatable bonds is 2. The van der Waals surface area contributed by atoms with E-state index < -0.39 is 12.0 Å². The maximum atomic E-state index is 12.1. The third-order valence-corrected chi connectivity index (χ3v) is 4.89. The summed E-state index contributed by atoms with van der Waals surface area (Å²) in [6, 6.07) is -0.123. The van der Waals surface area contributed by atoms with Crippen molar-refractivity contribution in [3.63, 3.8) is 0 Å². The molecule has 1 aliphatic carbocycles. The predicted molar refractivity (Wildman–Crippen MR) is 74.9 cm³/mol. The highest BCUT2D eigenvalue weighted by Gasteiger charge is 2.48. The molecule has 0 bridgehead atoms. The normalized spacial score (nSPS) is 24.7. The van der Waals surface area contributed by atoms with Crippen LogP contribution in [0.1, 0.15) is 30.8 Å². The Morgan fingerprint density at radius 2 is 2.05 bits per heavy atom. The Balaban J connectivity index is 2.16. The summed E-state index contributed by atoms with van der Waals surface area (Å²) in [6.45, 7) is 3.77. The highest BCUT2D eigenvalue weighted by Crippen LogP contribution is 2.40. The number of aliphatic hydroxyl groups is 1. The number of nitrogens with one attached hydrogen (secondary N) is 1. The summed E-state index contributed by atoms with van der Waals surface area (Å²) in [4.78, 5) is 16.0. The van der Waals surface area contributed by atoms with Gasteiger partial charge < -0.3 is 10.4 Å². The Hall–Kier alpha value is -0.550. The minimum absolute atomic E-state index is 0.0318. The quantitative estimate of drug-likeness (QED) is 0.879. The molecule has 0 aliphatic heterocycles. The second kappa shape index (κ2) is 5.09. The molecule has 1 saturated carbocycles. The molecule has 2 atom stereocenters. The lowest BCUT2D eigenvalue weighted by molar-refractivity contribution is -0.0690. The molecule has 104 valence electrons. The van der Waals surface area contributed by atoms with Crippen molar-refractivity contribution >= 4 is 40.7 Å². The van der Waals surface area contributed by atoms with E-state index in [1.165, 1.54) is 6.20 Å². The van der Waals surface area contributed by atoms with Gasteiger partial charge in [-0.05, 0) is 6.42 Å². The van der Waals surface area contributed by atoms with Crippen molar-refractivity contribution in [3.05, 3.63) is 27.0 Å². The smallest absolute Gasteiger partial charge is 0.271 e. The first-order valence-electron chi connectivity index (χ1n) is 5.73. The Bertz CT molecular complexity index is 534. The van der Waals surface area contributed by atoms with Crippen molar-refractivity contribution in [3.8, 4) is 0 Å². The summed E-state index contributed by atoms with van der Waals surface area (Å²) in [5.74, 6) is -0.423. The first-order valence-corrected chi connectivity index (χ1v) is 6.87. The van der Waals surface area contributed by atoms with Crippen LogP contribution in [-0.2, 0) is 0 Å². The summed E-state index contributed by atoms with van der Waals surface area (Å²) < 4.78 is 0. The van der Waals surface area contributed by atoms with E-state index in [-0.39, 0.29) is 32.2 Å². The van der Waals surface area contributed by atoms with E-state index in [1.807, 2.05) is 13.8 Å². The Morgan fingerprint density at radius 1 is 1.42 bits per heavy atom. The molecular formula is C12H13Cl3N2O2. The number of hydrogen-bond donors (Lipinski definition) is 2. The molecule has 2 N–H and O–H groups in total. The maximum Gasteiger partial charge on any atom is 0.271 e. The monoisotopic (exact) mass is 322 g/mol. The topological polar surface area (TPSA) is 62.2 Å². The lowest BCUT2D eigenvalue weighted by atomic mass is 9.64. The molecule has 0 spiro atoms. The minimum Gasteiger partial charge on any atom is -0.392 e. The molecule has 1 amide bonds. The molecule has 1 aromatic rings. The van der Waals surface area contributed by atoms with Gasteiger partial charge in [-0.1, -0.05) is 48.7 Å². The van der Waals surface area contributed by atoms with Crippen molar-refractivity contribution in [2.24, 2.45) is 5.41 Å². The number of aromatic nitrogens is 1. The van der Waals surface area contributed by atoms with Gasteiger partial charge in [-0.3, -0.25) is 4.79 Å². The Labute approximate surface area is 126 Å². The number of carbonyl (C=O) groups is 1. The van der Waals surface area contributed by atoms with Gasteiger partial charge in [0.15, 0.2) is 0 Å². The van der Waals surface area contributed by atoms with Crippen LogP contribution in [-0.4, -0.2) is 28.1 Å². The van der Waals surface area contributed by atoms with Crippen LogP contribution < -0.4 is 5.32 Å². The summed E-state index contributed by atoms with van der Waals surface area (Å²) in [5.41, 5.74) is -0.327. The van der Waals surface area contributed by atoms with Crippen molar-refractivity contribution in [2.75, 3.05) is 0 Å². The first kappa shape index (κ1) is 14.9. The van der Waals surface area contributed by atoms with Crippen molar-refractivity contribution in [2.45, 2.75) is 32.4 Å². The number of pyridine rings is 1. The number of hydrogen-bond acceptors (Lipinski definition) is 3. The Kier molecular flexibility index (Phi) is 3.98. The largest absolute Gasteiger partial charge is 0.392 e. The van der Waals surface area contributed by atoms with Crippen LogP contribution in [0.5, 0.6) is 0 Å². The van der Waals surface area contributed by atoms with Gasteiger partial charge in [0.05, 0.1) is 21.2 Å². The average molecular weight is 324 g/mol. The lowest BCUT2D eigenvalue weighted by Crippen LogP contribution is -2.61. The fraction of sp³-hybridized carbons (Fsp3) is 0.500. The molecule has 0 saturated heterocycles. The molecule has 1 heterocycles. The van der Waals surface area contributed by atoms with Crippen LogP contribution in [0, 0.1) is 5.41 Å². The van der Waals surface area contributed by atoms with Crippen molar-refractivity contribution in [1.29, 1.82) is 0 Å². The Morgan fingerprint density at radius 3 is 2.58 bits per heavy atom. The molecule has 2 unspecified atom stereocenters. The zero-order valence-corrected chi connectivity index (χ0v) is 12.6. The fourth-order valence-corrected chi connectivity index (χ4v) is 2.54. The summed E-state index contributed by atoms with van der Waals surface area (Å²) in [5, 5.41) is 12.8. The van der Waals surface area contributed by atoms with Crippen LogP contribution in [0.3, 0.4) is 0 Å². The van der Waals surface area contributed by atoms with E-state index >= 15 is 0 Å². The summed E-state index contributed by atoms with van der Waals surface area (Å²) in [7, 11) is 0.